The predicted octanol–water partition coefficient (Wildman–Crippen LogP) is 5.38. The number of hydrogen-bond acceptors (Lipinski definition) is 2. The van der Waals surface area contributed by atoms with Crippen LogP contribution in [0.4, 0.5) is 13.2 Å². The van der Waals surface area contributed by atoms with Crippen LogP contribution in [0, 0.1) is 6.92 Å². The van der Waals surface area contributed by atoms with Gasteiger partial charge in [0.25, 0.3) is 5.91 Å². The normalized spacial score (nSPS) is 11.5. The maximum Gasteiger partial charge on any atom is 0.573 e. The van der Waals surface area contributed by atoms with E-state index in [2.05, 4.69) is 18.2 Å². The molecule has 1 aromatic heterocycles. The fourth-order valence-electron chi connectivity index (χ4n) is 3.44. The quantitative estimate of drug-likeness (QED) is 0.459. The van der Waals surface area contributed by atoms with Crippen molar-refractivity contribution in [2.24, 2.45) is 5.73 Å². The molecule has 4 nitrogen and oxygen atoms in total. The van der Waals surface area contributed by atoms with Crippen molar-refractivity contribution >= 4 is 5.91 Å². The molecular weight excluding hydrogens is 369 g/mol. The van der Waals surface area contributed by atoms with Crippen LogP contribution >= 0.6 is 0 Å². The highest BCUT2D eigenvalue weighted by Gasteiger charge is 2.31. The van der Waals surface area contributed by atoms with Gasteiger partial charge in [-0.15, -0.1) is 19.8 Å². The zero-order valence-electron chi connectivity index (χ0n) is 16.1. The largest absolute Gasteiger partial charge is 0.573 e. The minimum absolute atomic E-state index is 0.317. The zero-order chi connectivity index (χ0) is 20.9. The fourth-order valence-corrected chi connectivity index (χ4v) is 3.44. The minimum Gasteiger partial charge on any atom is -0.406 e. The lowest BCUT2D eigenvalue weighted by Crippen LogP contribution is -2.17. The topological polar surface area (TPSA) is 57.2 Å². The number of carbonyl (C=O) groups excluding carboxylic acids is 1. The van der Waals surface area contributed by atoms with E-state index in [1.54, 1.807) is 19.1 Å². The minimum atomic E-state index is -4.79. The SMILES string of the molecule is C=CCn1c(C)c(C(N)=O)c(-c2cccc(OC(F)(F)F)c2)c1CCCCC. The molecule has 1 aromatic carbocycles. The highest BCUT2D eigenvalue weighted by atomic mass is 19.4. The lowest BCUT2D eigenvalue weighted by Gasteiger charge is -2.13. The molecule has 0 radical (unpaired) electrons. The molecule has 2 aromatic rings. The van der Waals surface area contributed by atoms with Crippen LogP contribution in [0.15, 0.2) is 36.9 Å². The monoisotopic (exact) mass is 394 g/mol. The molecule has 2 N–H and O–H groups in total. The third-order valence-electron chi connectivity index (χ3n) is 4.56. The van der Waals surface area contributed by atoms with E-state index in [1.165, 1.54) is 18.2 Å². The number of hydrogen-bond donors (Lipinski definition) is 1. The van der Waals surface area contributed by atoms with Gasteiger partial charge in [-0.05, 0) is 37.5 Å². The second-order valence-corrected chi connectivity index (χ2v) is 6.58. The van der Waals surface area contributed by atoms with E-state index in [-0.39, 0.29) is 5.75 Å². The van der Waals surface area contributed by atoms with Crippen LogP contribution in [-0.2, 0) is 13.0 Å². The van der Waals surface area contributed by atoms with Gasteiger partial charge < -0.3 is 15.0 Å². The number of unbranched alkanes of at least 4 members (excludes halogenated alkanes) is 2. The number of nitrogens with two attached hydrogens (primary N) is 1. The molecule has 0 aliphatic rings. The number of benzene rings is 1. The summed E-state index contributed by atoms with van der Waals surface area (Å²) in [7, 11) is 0. The average Bonchev–Trinajstić information content (AvgIpc) is 2.87. The smallest absolute Gasteiger partial charge is 0.406 e. The summed E-state index contributed by atoms with van der Waals surface area (Å²) in [5.41, 5.74) is 8.53. The van der Waals surface area contributed by atoms with Gasteiger partial charge in [-0.3, -0.25) is 4.79 Å². The third kappa shape index (κ3) is 4.97. The van der Waals surface area contributed by atoms with Crippen LogP contribution in [-0.4, -0.2) is 16.8 Å². The number of nitrogens with zero attached hydrogens (tertiary/aromatic N) is 1. The van der Waals surface area contributed by atoms with Gasteiger partial charge in [0.15, 0.2) is 0 Å². The number of rotatable bonds is 9. The van der Waals surface area contributed by atoms with E-state index in [0.29, 0.717) is 35.3 Å². The molecule has 0 atom stereocenters. The zero-order valence-corrected chi connectivity index (χ0v) is 16.1. The Morgan fingerprint density at radius 1 is 1.32 bits per heavy atom. The summed E-state index contributed by atoms with van der Waals surface area (Å²) in [5, 5.41) is 0. The van der Waals surface area contributed by atoms with Gasteiger partial charge in [-0.2, -0.15) is 0 Å². The number of alkyl halides is 3. The van der Waals surface area contributed by atoms with Crippen LogP contribution < -0.4 is 10.5 Å². The van der Waals surface area contributed by atoms with Crippen molar-refractivity contribution in [2.75, 3.05) is 0 Å². The fraction of sp³-hybridized carbons (Fsp3) is 0.381. The molecular formula is C21H25F3N2O2. The van der Waals surface area contributed by atoms with Gasteiger partial charge in [0, 0.05) is 23.5 Å². The molecule has 0 aliphatic carbocycles. The average molecular weight is 394 g/mol. The van der Waals surface area contributed by atoms with Crippen LogP contribution in [0.2, 0.25) is 0 Å². The van der Waals surface area contributed by atoms with Gasteiger partial charge in [-0.25, -0.2) is 0 Å². The van der Waals surface area contributed by atoms with Crippen molar-refractivity contribution in [2.45, 2.75) is 52.4 Å². The first kappa shape index (κ1) is 21.6. The molecule has 0 unspecified atom stereocenters. The summed E-state index contributed by atoms with van der Waals surface area (Å²) in [6, 6.07) is 5.64. The molecule has 0 saturated heterocycles. The molecule has 1 heterocycles. The molecule has 152 valence electrons. The number of ether oxygens (including phenoxy) is 1. The highest BCUT2D eigenvalue weighted by Crippen LogP contribution is 2.36. The lowest BCUT2D eigenvalue weighted by atomic mass is 9.97. The van der Waals surface area contributed by atoms with E-state index in [4.69, 9.17) is 5.73 Å². The van der Waals surface area contributed by atoms with Gasteiger partial charge in [0.1, 0.15) is 5.75 Å². The molecule has 1 amide bonds. The van der Waals surface area contributed by atoms with E-state index in [0.717, 1.165) is 25.0 Å². The summed E-state index contributed by atoms with van der Waals surface area (Å²) < 4.78 is 43.9. The van der Waals surface area contributed by atoms with Crippen LogP contribution in [0.5, 0.6) is 5.75 Å². The van der Waals surface area contributed by atoms with E-state index < -0.39 is 12.3 Å². The maximum atomic E-state index is 12.6. The van der Waals surface area contributed by atoms with Gasteiger partial charge in [0.2, 0.25) is 0 Å². The molecule has 28 heavy (non-hydrogen) atoms. The Bertz CT molecular complexity index is 854. The maximum absolute atomic E-state index is 12.6. The van der Waals surface area contributed by atoms with Crippen molar-refractivity contribution in [3.8, 4) is 16.9 Å². The second kappa shape index (κ2) is 8.99. The van der Waals surface area contributed by atoms with Crippen molar-refractivity contribution in [3.05, 3.63) is 53.9 Å². The third-order valence-corrected chi connectivity index (χ3v) is 4.56. The Kier molecular flexibility index (Phi) is 6.94. The predicted molar refractivity (Wildman–Crippen MR) is 103 cm³/mol. The number of amides is 1. The van der Waals surface area contributed by atoms with Gasteiger partial charge >= 0.3 is 6.36 Å². The first-order chi connectivity index (χ1) is 13.2. The Morgan fingerprint density at radius 2 is 2.04 bits per heavy atom. The lowest BCUT2D eigenvalue weighted by molar-refractivity contribution is -0.274. The van der Waals surface area contributed by atoms with Gasteiger partial charge in [0.05, 0.1) is 5.56 Å². The van der Waals surface area contributed by atoms with E-state index in [9.17, 15) is 18.0 Å². The summed E-state index contributed by atoms with van der Waals surface area (Å²) in [6.45, 7) is 8.11. The first-order valence-corrected chi connectivity index (χ1v) is 9.18. The highest BCUT2D eigenvalue weighted by molar-refractivity contribution is 6.02. The number of allylic oxidation sites excluding steroid dienone is 1. The van der Waals surface area contributed by atoms with Crippen molar-refractivity contribution in [1.82, 2.24) is 4.57 Å². The first-order valence-electron chi connectivity index (χ1n) is 9.18. The molecule has 0 bridgehead atoms. The number of carbonyl (C=O) groups is 1. The van der Waals surface area contributed by atoms with Crippen LogP contribution in [0.25, 0.3) is 11.1 Å². The molecule has 0 aliphatic heterocycles. The number of primary amides is 1. The second-order valence-electron chi connectivity index (χ2n) is 6.58. The summed E-state index contributed by atoms with van der Waals surface area (Å²) in [4.78, 5) is 12.2. The van der Waals surface area contributed by atoms with Crippen molar-refractivity contribution in [1.29, 1.82) is 0 Å². The summed E-state index contributed by atoms with van der Waals surface area (Å²) >= 11 is 0. The number of halogens is 3. The van der Waals surface area contributed by atoms with E-state index in [1.807, 2.05) is 4.57 Å². The summed E-state index contributed by atoms with van der Waals surface area (Å²) in [5.74, 6) is -0.955. The van der Waals surface area contributed by atoms with Gasteiger partial charge in [-0.1, -0.05) is 38.0 Å². The molecule has 0 saturated carbocycles. The summed E-state index contributed by atoms with van der Waals surface area (Å²) in [6.07, 6.45) is 0.513. The van der Waals surface area contributed by atoms with E-state index >= 15 is 0 Å². The molecule has 0 fully saturated rings. The standard InChI is InChI=1S/C21H25F3N2O2/c1-4-6-7-11-17-19(18(20(25)27)14(3)26(17)12-5-2)15-9-8-10-16(13-15)28-21(22,23)24/h5,8-10,13H,2,4,6-7,11-12H2,1,3H3,(H2,25,27). The van der Waals surface area contributed by atoms with Crippen LogP contribution in [0.3, 0.4) is 0 Å². The number of aromatic nitrogens is 1. The van der Waals surface area contributed by atoms with Crippen molar-refractivity contribution in [3.63, 3.8) is 0 Å². The Hall–Kier alpha value is -2.70. The van der Waals surface area contributed by atoms with Crippen molar-refractivity contribution < 1.29 is 22.7 Å². The molecule has 0 spiro atoms. The Morgan fingerprint density at radius 3 is 2.61 bits per heavy atom. The molecule has 7 heteroatoms. The Labute approximate surface area is 162 Å². The Balaban J connectivity index is 2.66. The van der Waals surface area contributed by atoms with Crippen LogP contribution in [0.1, 0.15) is 47.9 Å². The molecule has 2 rings (SSSR count).